The van der Waals surface area contributed by atoms with Gasteiger partial charge >= 0.3 is 5.97 Å². The number of benzene rings is 1. The Bertz CT molecular complexity index is 961. The number of pyridine rings is 1. The molecule has 0 saturated carbocycles. The molecule has 1 amide bonds. The minimum absolute atomic E-state index is 0.169. The van der Waals surface area contributed by atoms with E-state index in [9.17, 15) is 9.59 Å². The van der Waals surface area contributed by atoms with Gasteiger partial charge in [0.25, 0.3) is 0 Å². The van der Waals surface area contributed by atoms with Crippen LogP contribution in [0.1, 0.15) is 12.6 Å². The first-order chi connectivity index (χ1) is 12.0. The molecule has 126 valence electrons. The number of anilines is 1. The molecule has 6 nitrogen and oxygen atoms in total. The van der Waals surface area contributed by atoms with Gasteiger partial charge in [-0.05, 0) is 42.5 Å². The number of amides is 1. The molecule has 0 bridgehead atoms. The molecule has 0 aliphatic heterocycles. The number of ether oxygens (including phenoxy) is 1. The Hall–Kier alpha value is -3.12. The van der Waals surface area contributed by atoms with Crippen molar-refractivity contribution in [3.05, 3.63) is 65.6 Å². The highest BCUT2D eigenvalue weighted by atomic mass is 35.5. The summed E-state index contributed by atoms with van der Waals surface area (Å²) in [6.45, 7) is 1.42. The third kappa shape index (κ3) is 4.05. The van der Waals surface area contributed by atoms with Crippen molar-refractivity contribution in [1.82, 2.24) is 9.38 Å². The number of carbonyl (C=O) groups excluding carboxylic acids is 2. The molecule has 0 unspecified atom stereocenters. The Kier molecular flexibility index (Phi) is 4.81. The van der Waals surface area contributed by atoms with Crippen molar-refractivity contribution in [3.63, 3.8) is 0 Å². The van der Waals surface area contributed by atoms with Gasteiger partial charge in [0.1, 0.15) is 11.4 Å². The number of nitrogens with one attached hydrogen (secondary N) is 1. The van der Waals surface area contributed by atoms with Crippen molar-refractivity contribution in [1.29, 1.82) is 0 Å². The quantitative estimate of drug-likeness (QED) is 0.441. The Labute approximate surface area is 148 Å². The van der Waals surface area contributed by atoms with Crippen LogP contribution < -0.4 is 10.1 Å². The first-order valence-corrected chi connectivity index (χ1v) is 7.81. The largest absolute Gasteiger partial charge is 0.423 e. The molecular weight excluding hydrogens is 342 g/mol. The highest BCUT2D eigenvalue weighted by molar-refractivity contribution is 6.31. The van der Waals surface area contributed by atoms with E-state index in [1.807, 2.05) is 18.2 Å². The lowest BCUT2D eigenvalue weighted by molar-refractivity contribution is -0.128. The zero-order valence-electron chi connectivity index (χ0n) is 13.3. The molecule has 2 heterocycles. The number of carbonyl (C=O) groups is 2. The van der Waals surface area contributed by atoms with Gasteiger partial charge in [-0.15, -0.1) is 0 Å². The zero-order valence-corrected chi connectivity index (χ0v) is 14.0. The number of aromatic nitrogens is 2. The molecule has 3 aromatic rings. The summed E-state index contributed by atoms with van der Waals surface area (Å²) in [7, 11) is 0. The molecule has 0 spiro atoms. The van der Waals surface area contributed by atoms with Crippen molar-refractivity contribution in [2.45, 2.75) is 6.92 Å². The first kappa shape index (κ1) is 16.7. The summed E-state index contributed by atoms with van der Waals surface area (Å²) in [5, 5.41) is 2.94. The van der Waals surface area contributed by atoms with Crippen LogP contribution in [0.15, 0.2) is 54.7 Å². The molecule has 25 heavy (non-hydrogen) atoms. The van der Waals surface area contributed by atoms with Gasteiger partial charge in [0.2, 0.25) is 5.91 Å². The Morgan fingerprint density at radius 2 is 1.96 bits per heavy atom. The van der Waals surface area contributed by atoms with Gasteiger partial charge in [-0.2, -0.15) is 0 Å². The molecule has 3 rings (SSSR count). The standard InChI is InChI=1S/C18H14ClN3O3/c1-12(23)20-13-5-7-14(8-6-13)25-17(24)10-9-15-18(19)21-16-4-2-3-11-22(15)16/h2-11H,1H3,(H,20,23). The Balaban J connectivity index is 1.70. The van der Waals surface area contributed by atoms with Crippen molar-refractivity contribution >= 4 is 40.9 Å². The zero-order chi connectivity index (χ0) is 17.8. The smallest absolute Gasteiger partial charge is 0.336 e. The average molecular weight is 356 g/mol. The van der Waals surface area contributed by atoms with Crippen molar-refractivity contribution in [2.75, 3.05) is 5.32 Å². The third-order valence-corrected chi connectivity index (χ3v) is 3.57. The summed E-state index contributed by atoms with van der Waals surface area (Å²) in [6.07, 6.45) is 4.64. The van der Waals surface area contributed by atoms with Gasteiger partial charge in [0, 0.05) is 24.9 Å². The van der Waals surface area contributed by atoms with E-state index in [2.05, 4.69) is 10.3 Å². The fraction of sp³-hybridized carbons (Fsp3) is 0.0556. The monoisotopic (exact) mass is 355 g/mol. The molecule has 1 N–H and O–H groups in total. The number of esters is 1. The van der Waals surface area contributed by atoms with Crippen LogP contribution in [0, 0.1) is 0 Å². The average Bonchev–Trinajstić information content (AvgIpc) is 2.89. The lowest BCUT2D eigenvalue weighted by atomic mass is 10.3. The predicted molar refractivity (Wildman–Crippen MR) is 95.6 cm³/mol. The molecule has 0 fully saturated rings. The highest BCUT2D eigenvalue weighted by Gasteiger charge is 2.08. The summed E-state index contributed by atoms with van der Waals surface area (Å²) in [6, 6.07) is 12.0. The van der Waals surface area contributed by atoms with Gasteiger partial charge in [-0.3, -0.25) is 9.20 Å². The van der Waals surface area contributed by atoms with Crippen molar-refractivity contribution < 1.29 is 14.3 Å². The van der Waals surface area contributed by atoms with Crippen LogP contribution in [0.4, 0.5) is 5.69 Å². The van der Waals surface area contributed by atoms with Crippen molar-refractivity contribution in [2.24, 2.45) is 0 Å². The molecule has 1 aromatic carbocycles. The third-order valence-electron chi connectivity index (χ3n) is 3.29. The van der Waals surface area contributed by atoms with Gasteiger partial charge in [0.15, 0.2) is 5.15 Å². The normalized spacial score (nSPS) is 11.0. The number of imidazole rings is 1. The number of hydrogen-bond donors (Lipinski definition) is 1. The minimum Gasteiger partial charge on any atom is -0.423 e. The maximum absolute atomic E-state index is 12.0. The second-order valence-electron chi connectivity index (χ2n) is 5.18. The van der Waals surface area contributed by atoms with Gasteiger partial charge in [-0.1, -0.05) is 17.7 Å². The maximum Gasteiger partial charge on any atom is 0.336 e. The maximum atomic E-state index is 12.0. The van der Waals surface area contributed by atoms with Gasteiger partial charge in [0.05, 0.1) is 5.69 Å². The van der Waals surface area contributed by atoms with Crippen LogP contribution in [0.25, 0.3) is 11.7 Å². The van der Waals surface area contributed by atoms with Crippen LogP contribution in [0.5, 0.6) is 5.75 Å². The highest BCUT2D eigenvalue weighted by Crippen LogP contribution is 2.19. The molecule has 2 aromatic heterocycles. The molecule has 0 atom stereocenters. The van der Waals surface area contributed by atoms with E-state index in [1.165, 1.54) is 13.0 Å². The van der Waals surface area contributed by atoms with Crippen LogP contribution in [0.3, 0.4) is 0 Å². The van der Waals surface area contributed by atoms with E-state index in [-0.39, 0.29) is 5.91 Å². The topological polar surface area (TPSA) is 72.7 Å². The lowest BCUT2D eigenvalue weighted by Gasteiger charge is -2.04. The number of nitrogens with zero attached hydrogens (tertiary/aromatic N) is 2. The van der Waals surface area contributed by atoms with E-state index in [1.54, 1.807) is 40.9 Å². The number of fused-ring (bicyclic) bond motifs is 1. The fourth-order valence-corrected chi connectivity index (χ4v) is 2.48. The predicted octanol–water partition coefficient (Wildman–Crippen LogP) is 3.56. The van der Waals surface area contributed by atoms with E-state index in [0.29, 0.717) is 27.9 Å². The van der Waals surface area contributed by atoms with Crippen LogP contribution >= 0.6 is 11.6 Å². The second kappa shape index (κ2) is 7.19. The summed E-state index contributed by atoms with van der Waals surface area (Å²) in [5.74, 6) is -0.347. The molecule has 0 radical (unpaired) electrons. The van der Waals surface area contributed by atoms with E-state index >= 15 is 0 Å². The second-order valence-corrected chi connectivity index (χ2v) is 5.53. The van der Waals surface area contributed by atoms with Gasteiger partial charge in [-0.25, -0.2) is 9.78 Å². The summed E-state index contributed by atoms with van der Waals surface area (Å²) in [4.78, 5) is 27.1. The first-order valence-electron chi connectivity index (χ1n) is 7.43. The number of rotatable bonds is 4. The molecule has 0 aliphatic carbocycles. The number of halogens is 1. The number of hydrogen-bond acceptors (Lipinski definition) is 4. The SMILES string of the molecule is CC(=O)Nc1ccc(OC(=O)C=Cc2c(Cl)nc3ccccn23)cc1. The minimum atomic E-state index is -0.547. The fourth-order valence-electron chi connectivity index (χ4n) is 2.24. The molecule has 0 saturated heterocycles. The van der Waals surface area contributed by atoms with E-state index in [0.717, 1.165) is 0 Å². The molecular formula is C18H14ClN3O3. The van der Waals surface area contributed by atoms with Gasteiger partial charge < -0.3 is 10.1 Å². The van der Waals surface area contributed by atoms with E-state index < -0.39 is 5.97 Å². The molecule has 7 heteroatoms. The van der Waals surface area contributed by atoms with Crippen LogP contribution in [-0.4, -0.2) is 21.3 Å². The summed E-state index contributed by atoms with van der Waals surface area (Å²) in [5.41, 5.74) is 1.91. The van der Waals surface area contributed by atoms with Crippen LogP contribution in [-0.2, 0) is 9.59 Å². The molecule has 0 aliphatic rings. The van der Waals surface area contributed by atoms with Crippen LogP contribution in [0.2, 0.25) is 5.15 Å². The lowest BCUT2D eigenvalue weighted by Crippen LogP contribution is -2.06. The Morgan fingerprint density at radius 3 is 2.68 bits per heavy atom. The van der Waals surface area contributed by atoms with Crippen molar-refractivity contribution in [3.8, 4) is 5.75 Å². The van der Waals surface area contributed by atoms with E-state index in [4.69, 9.17) is 16.3 Å². The summed E-state index contributed by atoms with van der Waals surface area (Å²) < 4.78 is 6.99. The Morgan fingerprint density at radius 1 is 1.20 bits per heavy atom. The summed E-state index contributed by atoms with van der Waals surface area (Å²) >= 11 is 6.10.